The van der Waals surface area contributed by atoms with E-state index in [4.69, 9.17) is 23.2 Å². The summed E-state index contributed by atoms with van der Waals surface area (Å²) in [5.41, 5.74) is 3.17. The monoisotopic (exact) mass is 359 g/mol. The maximum Gasteiger partial charge on any atom is 0.335 e. The zero-order chi connectivity index (χ0) is 16.8. The minimum Gasteiger partial charge on any atom is -0.478 e. The molecule has 1 aliphatic heterocycles. The van der Waals surface area contributed by atoms with E-state index in [-0.39, 0.29) is 17.5 Å². The van der Waals surface area contributed by atoms with Crippen LogP contribution in [0.1, 0.15) is 39.9 Å². The summed E-state index contributed by atoms with van der Waals surface area (Å²) in [6, 6.07) is 11.2. The Balaban J connectivity index is 1.82. The molecule has 2 N–H and O–H groups in total. The third kappa shape index (κ3) is 2.48. The molecule has 2 aliphatic rings. The highest BCUT2D eigenvalue weighted by Crippen LogP contribution is 2.51. The molecule has 4 rings (SSSR count). The largest absolute Gasteiger partial charge is 0.478 e. The minimum atomic E-state index is -0.960. The quantitative estimate of drug-likeness (QED) is 0.694. The van der Waals surface area contributed by atoms with Gasteiger partial charge in [-0.05, 0) is 47.7 Å². The molecule has 0 amide bonds. The van der Waals surface area contributed by atoms with Crippen molar-refractivity contribution in [1.82, 2.24) is 0 Å². The summed E-state index contributed by atoms with van der Waals surface area (Å²) in [6.07, 6.45) is 5.27. The number of hydrogen-bond donors (Lipinski definition) is 2. The Morgan fingerprint density at radius 2 is 1.92 bits per heavy atom. The molecule has 0 saturated heterocycles. The Kier molecular flexibility index (Phi) is 3.78. The van der Waals surface area contributed by atoms with Crippen molar-refractivity contribution in [2.75, 3.05) is 5.32 Å². The molecule has 122 valence electrons. The summed E-state index contributed by atoms with van der Waals surface area (Å²) >= 11 is 12.4. The molecule has 0 saturated carbocycles. The molecule has 0 bridgehead atoms. The molecule has 0 fully saturated rings. The fourth-order valence-corrected chi connectivity index (χ4v) is 4.19. The van der Waals surface area contributed by atoms with Gasteiger partial charge in [-0.2, -0.15) is 0 Å². The van der Waals surface area contributed by atoms with E-state index in [1.165, 1.54) is 6.07 Å². The molecule has 2 aromatic carbocycles. The molecule has 1 aliphatic carbocycles. The maximum absolute atomic E-state index is 11.3. The van der Waals surface area contributed by atoms with Crippen molar-refractivity contribution >= 4 is 34.9 Å². The van der Waals surface area contributed by atoms with Gasteiger partial charge < -0.3 is 10.4 Å². The molecule has 1 heterocycles. The third-order valence-corrected chi connectivity index (χ3v) is 5.45. The normalized spacial score (nSPS) is 24.2. The van der Waals surface area contributed by atoms with E-state index in [9.17, 15) is 9.90 Å². The van der Waals surface area contributed by atoms with Crippen LogP contribution in [0.5, 0.6) is 0 Å². The number of hydrogen-bond acceptors (Lipinski definition) is 2. The Hall–Kier alpha value is -1.97. The van der Waals surface area contributed by atoms with Crippen LogP contribution in [0.15, 0.2) is 48.6 Å². The van der Waals surface area contributed by atoms with Gasteiger partial charge in [0.25, 0.3) is 0 Å². The van der Waals surface area contributed by atoms with E-state index < -0.39 is 5.97 Å². The molecule has 0 aromatic heterocycles. The van der Waals surface area contributed by atoms with Crippen LogP contribution in [0.4, 0.5) is 5.69 Å². The highest BCUT2D eigenvalue weighted by molar-refractivity contribution is 6.34. The number of fused-ring (bicyclic) bond motifs is 3. The zero-order valence-electron chi connectivity index (χ0n) is 12.7. The van der Waals surface area contributed by atoms with Gasteiger partial charge in [0, 0.05) is 10.9 Å². The van der Waals surface area contributed by atoms with Crippen LogP contribution in [0.3, 0.4) is 0 Å². The highest BCUT2D eigenvalue weighted by atomic mass is 35.5. The second-order valence-corrected chi connectivity index (χ2v) is 7.10. The number of nitrogens with one attached hydrogen (secondary N) is 1. The average Bonchev–Trinajstić information content (AvgIpc) is 3.05. The summed E-state index contributed by atoms with van der Waals surface area (Å²) < 4.78 is 0. The van der Waals surface area contributed by atoms with Crippen molar-refractivity contribution in [2.24, 2.45) is 5.92 Å². The molecule has 5 heteroatoms. The van der Waals surface area contributed by atoms with E-state index in [0.717, 1.165) is 23.2 Å². The highest BCUT2D eigenvalue weighted by Gasteiger charge is 2.39. The van der Waals surface area contributed by atoms with Gasteiger partial charge >= 0.3 is 5.97 Å². The first-order chi connectivity index (χ1) is 11.5. The Morgan fingerprint density at radius 1 is 1.17 bits per heavy atom. The van der Waals surface area contributed by atoms with Crippen LogP contribution in [-0.4, -0.2) is 11.1 Å². The van der Waals surface area contributed by atoms with Crippen molar-refractivity contribution in [2.45, 2.75) is 18.4 Å². The van der Waals surface area contributed by atoms with Crippen molar-refractivity contribution in [3.8, 4) is 0 Å². The van der Waals surface area contributed by atoms with Crippen molar-refractivity contribution in [1.29, 1.82) is 0 Å². The number of carboxylic acids is 1. The van der Waals surface area contributed by atoms with Crippen LogP contribution < -0.4 is 5.32 Å². The van der Waals surface area contributed by atoms with E-state index in [1.54, 1.807) is 6.07 Å². The topological polar surface area (TPSA) is 49.3 Å². The number of benzene rings is 2. The Bertz CT molecular complexity index is 845. The lowest BCUT2D eigenvalue weighted by molar-refractivity contribution is 0.0696. The van der Waals surface area contributed by atoms with E-state index in [2.05, 4.69) is 17.5 Å². The molecule has 3 atom stereocenters. The molecule has 2 aromatic rings. The van der Waals surface area contributed by atoms with Gasteiger partial charge in [-0.1, -0.05) is 47.5 Å². The van der Waals surface area contributed by atoms with Crippen LogP contribution in [0.25, 0.3) is 0 Å². The molecule has 3 unspecified atom stereocenters. The van der Waals surface area contributed by atoms with Crippen molar-refractivity contribution in [3.63, 3.8) is 0 Å². The SMILES string of the molecule is O=C(O)c1cc(Cl)c2c(c1)C1C=CCC1C(c1ccc(Cl)cc1)N2. The van der Waals surface area contributed by atoms with Gasteiger partial charge in [-0.3, -0.25) is 0 Å². The smallest absolute Gasteiger partial charge is 0.335 e. The van der Waals surface area contributed by atoms with Gasteiger partial charge in [0.2, 0.25) is 0 Å². The lowest BCUT2D eigenvalue weighted by atomic mass is 9.76. The molecule has 3 nitrogen and oxygen atoms in total. The second-order valence-electron chi connectivity index (χ2n) is 6.25. The predicted molar refractivity (Wildman–Crippen MR) is 96.2 cm³/mol. The minimum absolute atomic E-state index is 0.114. The first-order valence-corrected chi connectivity index (χ1v) is 8.55. The number of aromatic carboxylic acids is 1. The van der Waals surface area contributed by atoms with Gasteiger partial charge in [-0.25, -0.2) is 4.79 Å². The predicted octanol–water partition coefficient (Wildman–Crippen LogP) is 5.52. The summed E-state index contributed by atoms with van der Waals surface area (Å²) in [5.74, 6) is -0.462. The molecule has 0 spiro atoms. The van der Waals surface area contributed by atoms with Gasteiger partial charge in [0.05, 0.1) is 22.3 Å². The lowest BCUT2D eigenvalue weighted by Gasteiger charge is -2.38. The summed E-state index contributed by atoms with van der Waals surface area (Å²) in [7, 11) is 0. The molecular formula is C19H15Cl2NO2. The maximum atomic E-state index is 11.3. The number of carboxylic acid groups (broad SMARTS) is 1. The number of allylic oxidation sites excluding steroid dienone is 2. The standard InChI is InChI=1S/C19H15Cl2NO2/c20-12-6-4-10(5-7-12)17-14-3-1-2-13(14)15-8-11(19(23)24)9-16(21)18(15)22-17/h1-2,4-9,13-14,17,22H,3H2,(H,23,24). The number of rotatable bonds is 2. The van der Waals surface area contributed by atoms with Crippen molar-refractivity contribution in [3.05, 3.63) is 75.3 Å². The van der Waals surface area contributed by atoms with Crippen molar-refractivity contribution < 1.29 is 9.90 Å². The Labute approximate surface area is 149 Å². The molecular weight excluding hydrogens is 345 g/mol. The van der Waals surface area contributed by atoms with Crippen LogP contribution >= 0.6 is 23.2 Å². The average molecular weight is 360 g/mol. The molecule has 24 heavy (non-hydrogen) atoms. The van der Waals surface area contributed by atoms with E-state index in [0.29, 0.717) is 16.0 Å². The van der Waals surface area contributed by atoms with E-state index in [1.807, 2.05) is 24.3 Å². The number of anilines is 1. The van der Waals surface area contributed by atoms with Crippen LogP contribution in [-0.2, 0) is 0 Å². The summed E-state index contributed by atoms with van der Waals surface area (Å²) in [6.45, 7) is 0. The zero-order valence-corrected chi connectivity index (χ0v) is 14.2. The first kappa shape index (κ1) is 15.6. The van der Waals surface area contributed by atoms with Crippen LogP contribution in [0, 0.1) is 5.92 Å². The fraction of sp³-hybridized carbons (Fsp3) is 0.211. The summed E-state index contributed by atoms with van der Waals surface area (Å²) in [4.78, 5) is 11.3. The third-order valence-electron chi connectivity index (χ3n) is 4.90. The van der Waals surface area contributed by atoms with Crippen LogP contribution in [0.2, 0.25) is 10.0 Å². The Morgan fingerprint density at radius 3 is 2.62 bits per heavy atom. The molecule has 0 radical (unpaired) electrons. The summed E-state index contributed by atoms with van der Waals surface area (Å²) in [5, 5.41) is 14.0. The lowest BCUT2D eigenvalue weighted by Crippen LogP contribution is -2.29. The number of halogens is 2. The van der Waals surface area contributed by atoms with E-state index >= 15 is 0 Å². The van der Waals surface area contributed by atoms with Gasteiger partial charge in [-0.15, -0.1) is 0 Å². The number of carbonyl (C=O) groups is 1. The fourth-order valence-electron chi connectivity index (χ4n) is 3.78. The van der Waals surface area contributed by atoms with Gasteiger partial charge in [0.15, 0.2) is 0 Å². The van der Waals surface area contributed by atoms with Gasteiger partial charge in [0.1, 0.15) is 0 Å². The second kappa shape index (κ2) is 5.83. The first-order valence-electron chi connectivity index (χ1n) is 7.80.